The molecule has 42 heavy (non-hydrogen) atoms. The van der Waals surface area contributed by atoms with Crippen molar-refractivity contribution in [1.29, 1.82) is 0 Å². The second-order valence-corrected chi connectivity index (χ2v) is 12.5. The summed E-state index contributed by atoms with van der Waals surface area (Å²) in [4.78, 5) is 0. The predicted octanol–water partition coefficient (Wildman–Crippen LogP) is 12.8. The lowest BCUT2D eigenvalue weighted by Gasteiger charge is -2.06. The van der Waals surface area contributed by atoms with Crippen LogP contribution in [0.3, 0.4) is 0 Å². The molecule has 0 aliphatic rings. The molecular weight excluding hydrogens is 518 g/mol. The minimum atomic E-state index is -0.116. The Morgan fingerprint density at radius 1 is 0.405 bits per heavy atom. The molecule has 0 unspecified atom stereocenters. The summed E-state index contributed by atoms with van der Waals surface area (Å²) in [6.07, 6.45) is 0. The van der Waals surface area contributed by atoms with Crippen molar-refractivity contribution in [3.63, 3.8) is 0 Å². The van der Waals surface area contributed by atoms with Crippen LogP contribution in [0.25, 0.3) is 0 Å². The standard InChI is InChI=1S/2C10H13F.2C10H14/c1-7(2)9-4-5-10(11)8(3)6-9;1-7(2)9-6-8(3)4-5-10(9)11;2*1-8(2)10-6-4-5-9(3)7-10/h2*4-7H,1-3H3;2*4-8H,1-3H3. The average molecular weight is 573 g/mol. The number of benzene rings is 4. The van der Waals surface area contributed by atoms with Crippen molar-refractivity contribution in [3.05, 3.63) is 141 Å². The fourth-order valence-electron chi connectivity index (χ4n) is 4.19. The number of hydrogen-bond acceptors (Lipinski definition) is 0. The lowest BCUT2D eigenvalue weighted by atomic mass is 10.0. The predicted molar refractivity (Wildman–Crippen MR) is 181 cm³/mol. The fourth-order valence-corrected chi connectivity index (χ4v) is 4.19. The van der Waals surface area contributed by atoms with Crippen LogP contribution in [0, 0.1) is 39.3 Å². The van der Waals surface area contributed by atoms with E-state index in [9.17, 15) is 8.78 Å². The van der Waals surface area contributed by atoms with Crippen LogP contribution in [-0.2, 0) is 0 Å². The van der Waals surface area contributed by atoms with Gasteiger partial charge in [-0.2, -0.15) is 0 Å². The minimum Gasteiger partial charge on any atom is -0.207 e. The summed E-state index contributed by atoms with van der Waals surface area (Å²) in [6, 6.07) is 27.8. The first-order chi connectivity index (χ1) is 19.6. The maximum absolute atomic E-state index is 13.0. The van der Waals surface area contributed by atoms with Crippen LogP contribution in [0.15, 0.2) is 84.9 Å². The van der Waals surface area contributed by atoms with Crippen LogP contribution in [0.4, 0.5) is 8.78 Å². The van der Waals surface area contributed by atoms with E-state index in [-0.39, 0.29) is 17.6 Å². The van der Waals surface area contributed by atoms with Crippen molar-refractivity contribution in [2.45, 2.75) is 107 Å². The quantitative estimate of drug-likeness (QED) is 0.228. The van der Waals surface area contributed by atoms with E-state index >= 15 is 0 Å². The summed E-state index contributed by atoms with van der Waals surface area (Å²) in [7, 11) is 0. The van der Waals surface area contributed by atoms with Crippen molar-refractivity contribution in [3.8, 4) is 0 Å². The first-order valence-electron chi connectivity index (χ1n) is 15.3. The van der Waals surface area contributed by atoms with Gasteiger partial charge < -0.3 is 0 Å². The molecule has 0 heterocycles. The highest BCUT2D eigenvalue weighted by Crippen LogP contribution is 2.19. The molecule has 0 saturated carbocycles. The highest BCUT2D eigenvalue weighted by atomic mass is 19.1. The van der Waals surface area contributed by atoms with Crippen LogP contribution >= 0.6 is 0 Å². The second kappa shape index (κ2) is 18.3. The molecule has 4 rings (SSSR count). The Kier molecular flexibility index (Phi) is 16.0. The van der Waals surface area contributed by atoms with Gasteiger partial charge in [0.25, 0.3) is 0 Å². The summed E-state index contributed by atoms with van der Waals surface area (Å²) in [6.45, 7) is 25.1. The minimum absolute atomic E-state index is 0.0920. The first kappa shape index (κ1) is 36.8. The summed E-state index contributed by atoms with van der Waals surface area (Å²) >= 11 is 0. The van der Waals surface area contributed by atoms with E-state index in [4.69, 9.17) is 0 Å². The normalized spacial score (nSPS) is 10.5. The van der Waals surface area contributed by atoms with Gasteiger partial charge in [-0.3, -0.25) is 0 Å². The molecule has 0 atom stereocenters. The van der Waals surface area contributed by atoms with E-state index in [0.29, 0.717) is 17.8 Å². The van der Waals surface area contributed by atoms with Crippen LogP contribution in [-0.4, -0.2) is 0 Å². The van der Waals surface area contributed by atoms with E-state index in [0.717, 1.165) is 16.7 Å². The van der Waals surface area contributed by atoms with Gasteiger partial charge in [-0.25, -0.2) is 8.78 Å². The van der Waals surface area contributed by atoms with Gasteiger partial charge in [0.2, 0.25) is 0 Å². The Labute approximate surface area is 256 Å². The van der Waals surface area contributed by atoms with Gasteiger partial charge in [-0.1, -0.05) is 145 Å². The topological polar surface area (TPSA) is 0 Å². The maximum Gasteiger partial charge on any atom is 0.126 e. The third kappa shape index (κ3) is 13.6. The molecule has 0 aliphatic heterocycles. The Bertz CT molecular complexity index is 1300. The second-order valence-electron chi connectivity index (χ2n) is 12.5. The van der Waals surface area contributed by atoms with Gasteiger partial charge in [0.1, 0.15) is 11.6 Å². The molecule has 228 valence electrons. The van der Waals surface area contributed by atoms with Gasteiger partial charge in [0, 0.05) is 0 Å². The average Bonchev–Trinajstić information content (AvgIpc) is 2.92. The van der Waals surface area contributed by atoms with Crippen molar-refractivity contribution < 1.29 is 8.78 Å². The zero-order valence-electron chi connectivity index (χ0n) is 28.1. The van der Waals surface area contributed by atoms with Crippen LogP contribution in [0.1, 0.15) is 124 Å². The molecular formula is C40H54F2. The molecule has 0 aromatic heterocycles. The number of aryl methyl sites for hydroxylation is 4. The Morgan fingerprint density at radius 3 is 1.14 bits per heavy atom. The van der Waals surface area contributed by atoms with Gasteiger partial charge in [0.15, 0.2) is 0 Å². The van der Waals surface area contributed by atoms with E-state index < -0.39 is 0 Å². The fraction of sp³-hybridized carbons (Fsp3) is 0.400. The lowest BCUT2D eigenvalue weighted by molar-refractivity contribution is 0.597. The Hall–Kier alpha value is -3.26. The van der Waals surface area contributed by atoms with Crippen molar-refractivity contribution in [2.24, 2.45) is 0 Å². The van der Waals surface area contributed by atoms with Crippen molar-refractivity contribution in [2.75, 3.05) is 0 Å². The van der Waals surface area contributed by atoms with E-state index in [1.165, 1.54) is 39.9 Å². The molecule has 0 spiro atoms. The Balaban J connectivity index is 0.000000280. The number of halogens is 2. The zero-order valence-corrected chi connectivity index (χ0v) is 28.1. The van der Waals surface area contributed by atoms with E-state index in [1.807, 2.05) is 39.0 Å². The number of rotatable bonds is 4. The van der Waals surface area contributed by atoms with Gasteiger partial charge >= 0.3 is 0 Å². The smallest absolute Gasteiger partial charge is 0.126 e. The molecule has 0 N–H and O–H groups in total. The first-order valence-corrected chi connectivity index (χ1v) is 15.3. The van der Waals surface area contributed by atoms with E-state index in [2.05, 4.69) is 104 Å². The summed E-state index contributed by atoms with van der Waals surface area (Å²) < 4.78 is 25.8. The molecule has 4 aromatic carbocycles. The molecule has 2 heteroatoms. The molecule has 0 fully saturated rings. The largest absolute Gasteiger partial charge is 0.207 e. The molecule has 0 nitrogen and oxygen atoms in total. The third-order valence-electron chi connectivity index (χ3n) is 7.04. The van der Waals surface area contributed by atoms with Crippen molar-refractivity contribution >= 4 is 0 Å². The molecule has 0 radical (unpaired) electrons. The van der Waals surface area contributed by atoms with Crippen LogP contribution in [0.5, 0.6) is 0 Å². The van der Waals surface area contributed by atoms with E-state index in [1.54, 1.807) is 13.0 Å². The summed E-state index contributed by atoms with van der Waals surface area (Å²) in [5.74, 6) is 1.85. The lowest BCUT2D eigenvalue weighted by Crippen LogP contribution is -1.92. The van der Waals surface area contributed by atoms with Crippen molar-refractivity contribution in [1.82, 2.24) is 0 Å². The van der Waals surface area contributed by atoms with Gasteiger partial charge in [-0.05, 0) is 91.3 Å². The molecule has 0 amide bonds. The zero-order chi connectivity index (χ0) is 32.0. The highest BCUT2D eigenvalue weighted by molar-refractivity contribution is 5.27. The van der Waals surface area contributed by atoms with Crippen LogP contribution in [0.2, 0.25) is 0 Å². The molecule has 0 bridgehead atoms. The van der Waals surface area contributed by atoms with Gasteiger partial charge in [-0.15, -0.1) is 0 Å². The summed E-state index contributed by atoms with van der Waals surface area (Å²) in [5, 5.41) is 0. The Morgan fingerprint density at radius 2 is 0.810 bits per heavy atom. The molecule has 0 saturated heterocycles. The number of hydrogen-bond donors (Lipinski definition) is 0. The highest BCUT2D eigenvalue weighted by Gasteiger charge is 2.05. The maximum atomic E-state index is 13.0. The third-order valence-corrected chi connectivity index (χ3v) is 7.04. The molecule has 0 aliphatic carbocycles. The summed E-state index contributed by atoms with van der Waals surface area (Å²) in [5.41, 5.74) is 9.43. The van der Waals surface area contributed by atoms with Gasteiger partial charge in [0.05, 0.1) is 0 Å². The monoisotopic (exact) mass is 572 g/mol. The molecule has 4 aromatic rings. The van der Waals surface area contributed by atoms with Crippen LogP contribution < -0.4 is 0 Å². The SMILES string of the molecule is Cc1cc(C(C)C)ccc1F.Cc1ccc(F)c(C(C)C)c1.Cc1cccc(C(C)C)c1.Cc1cccc(C(C)C)c1.